The monoisotopic (exact) mass is 482 g/mol. The zero-order valence-corrected chi connectivity index (χ0v) is 21.6. The summed E-state index contributed by atoms with van der Waals surface area (Å²) in [6.07, 6.45) is 1.24. The van der Waals surface area contributed by atoms with Crippen LogP contribution in [0.4, 0.5) is 11.4 Å². The van der Waals surface area contributed by atoms with Crippen LogP contribution < -0.4 is 20.1 Å². The lowest BCUT2D eigenvalue weighted by atomic mass is 9.77. The molecule has 2 atom stereocenters. The first kappa shape index (κ1) is 24.0. The molecule has 0 amide bonds. The third-order valence-electron chi connectivity index (χ3n) is 7.31. The van der Waals surface area contributed by atoms with Crippen molar-refractivity contribution in [2.75, 3.05) is 24.9 Å². The molecule has 3 aromatic rings. The van der Waals surface area contributed by atoms with Crippen LogP contribution in [-0.2, 0) is 10.2 Å². The maximum atomic E-state index is 13.8. The summed E-state index contributed by atoms with van der Waals surface area (Å²) in [4.78, 5) is 13.8. The Hall–Kier alpha value is -3.73. The van der Waals surface area contributed by atoms with Crippen LogP contribution in [0.2, 0.25) is 0 Å². The van der Waals surface area contributed by atoms with Gasteiger partial charge in [-0.25, -0.2) is 0 Å². The first-order chi connectivity index (χ1) is 17.3. The predicted molar refractivity (Wildman–Crippen MR) is 145 cm³/mol. The van der Waals surface area contributed by atoms with Crippen LogP contribution in [0.15, 0.2) is 78.0 Å². The van der Waals surface area contributed by atoms with Crippen LogP contribution in [-0.4, -0.2) is 20.0 Å². The molecule has 5 heteroatoms. The predicted octanol–water partition coefficient (Wildman–Crippen LogP) is 6.98. The molecule has 186 valence electrons. The Morgan fingerprint density at radius 2 is 1.58 bits per heavy atom. The summed E-state index contributed by atoms with van der Waals surface area (Å²) in [7, 11) is 3.29. The Labute approximate surface area is 213 Å². The topological polar surface area (TPSA) is 59.6 Å². The fourth-order valence-electron chi connectivity index (χ4n) is 5.27. The first-order valence-corrected chi connectivity index (χ1v) is 12.5. The highest BCUT2D eigenvalue weighted by molar-refractivity contribution is 6.01. The number of ketones is 1. The van der Waals surface area contributed by atoms with Gasteiger partial charge in [0.25, 0.3) is 0 Å². The number of rotatable bonds is 4. The molecular formula is C31H34N2O3. The quantitative estimate of drug-likeness (QED) is 0.420. The van der Waals surface area contributed by atoms with Gasteiger partial charge in [0, 0.05) is 29.3 Å². The SMILES string of the molecule is COc1ccc(C2Nc3ccccc3NC3=C2C(=O)CC(c2ccc(C(C)(C)C)cc2)C3)c(OC)c1. The second-order valence-corrected chi connectivity index (χ2v) is 10.6. The van der Waals surface area contributed by atoms with Crippen LogP contribution in [0.25, 0.3) is 0 Å². The van der Waals surface area contributed by atoms with Crippen LogP contribution in [0.3, 0.4) is 0 Å². The number of hydrogen-bond donors (Lipinski definition) is 2. The summed E-state index contributed by atoms with van der Waals surface area (Å²) in [6, 6.07) is 22.3. The van der Waals surface area contributed by atoms with Crippen LogP contribution in [0.5, 0.6) is 11.5 Å². The number of allylic oxidation sites excluding steroid dienone is 1. The number of ether oxygens (including phenoxy) is 2. The van der Waals surface area contributed by atoms with E-state index in [1.165, 1.54) is 11.1 Å². The van der Waals surface area contributed by atoms with Crippen molar-refractivity contribution in [1.29, 1.82) is 0 Å². The van der Waals surface area contributed by atoms with Crippen molar-refractivity contribution in [2.24, 2.45) is 0 Å². The fourth-order valence-corrected chi connectivity index (χ4v) is 5.27. The molecule has 5 rings (SSSR count). The standard InChI is InChI=1S/C31H34N2O3/c1-31(2,3)21-12-10-19(11-13-21)20-16-26-29(27(34)17-20)30(33-25-9-7-6-8-24(25)32-26)23-15-14-22(35-4)18-28(23)36-5/h6-15,18,20,30,32-33H,16-17H2,1-5H3. The van der Waals surface area contributed by atoms with Gasteiger partial charge < -0.3 is 20.1 Å². The van der Waals surface area contributed by atoms with E-state index in [0.717, 1.165) is 34.6 Å². The van der Waals surface area contributed by atoms with Gasteiger partial charge in [0.1, 0.15) is 11.5 Å². The van der Waals surface area contributed by atoms with Crippen molar-refractivity contribution >= 4 is 17.2 Å². The number of anilines is 2. The molecule has 2 unspecified atom stereocenters. The van der Waals surface area contributed by atoms with Gasteiger partial charge in [-0.05, 0) is 53.1 Å². The maximum Gasteiger partial charge on any atom is 0.163 e. The number of methoxy groups -OCH3 is 2. The smallest absolute Gasteiger partial charge is 0.163 e. The Kier molecular flexibility index (Phi) is 6.25. The first-order valence-electron chi connectivity index (χ1n) is 12.5. The Morgan fingerprint density at radius 1 is 0.861 bits per heavy atom. The van der Waals surface area contributed by atoms with Gasteiger partial charge in [0.2, 0.25) is 0 Å². The van der Waals surface area contributed by atoms with Gasteiger partial charge in [-0.15, -0.1) is 0 Å². The summed E-state index contributed by atoms with van der Waals surface area (Å²) in [5.74, 6) is 1.68. The van der Waals surface area contributed by atoms with E-state index in [2.05, 4.69) is 55.7 Å². The molecule has 0 saturated heterocycles. The van der Waals surface area contributed by atoms with Crippen molar-refractivity contribution in [3.8, 4) is 11.5 Å². The van der Waals surface area contributed by atoms with Gasteiger partial charge in [0.15, 0.2) is 5.78 Å². The third-order valence-corrected chi connectivity index (χ3v) is 7.31. The van der Waals surface area contributed by atoms with E-state index in [-0.39, 0.29) is 23.2 Å². The molecular weight excluding hydrogens is 448 g/mol. The minimum absolute atomic E-state index is 0.0967. The highest BCUT2D eigenvalue weighted by atomic mass is 16.5. The minimum Gasteiger partial charge on any atom is -0.497 e. The average molecular weight is 483 g/mol. The number of Topliss-reactive ketones (excluding diaryl/α,β-unsaturated/α-hetero) is 1. The number of carbonyl (C=O) groups excluding carboxylic acids is 1. The van der Waals surface area contributed by atoms with E-state index in [1.807, 2.05) is 42.5 Å². The van der Waals surface area contributed by atoms with Crippen LogP contribution >= 0.6 is 0 Å². The lowest BCUT2D eigenvalue weighted by Gasteiger charge is -2.31. The lowest BCUT2D eigenvalue weighted by molar-refractivity contribution is -0.116. The molecule has 36 heavy (non-hydrogen) atoms. The molecule has 0 aromatic heterocycles. The Balaban J connectivity index is 1.58. The number of hydrogen-bond acceptors (Lipinski definition) is 5. The largest absolute Gasteiger partial charge is 0.497 e. The zero-order valence-electron chi connectivity index (χ0n) is 21.6. The van der Waals surface area contributed by atoms with Crippen LogP contribution in [0.1, 0.15) is 62.3 Å². The number of nitrogens with one attached hydrogen (secondary N) is 2. The summed E-state index contributed by atoms with van der Waals surface area (Å²) < 4.78 is 11.1. The summed E-state index contributed by atoms with van der Waals surface area (Å²) in [6.45, 7) is 6.66. The van der Waals surface area contributed by atoms with Crippen molar-refractivity contribution in [3.63, 3.8) is 0 Å². The molecule has 1 aliphatic heterocycles. The van der Waals surface area contributed by atoms with Crippen LogP contribution in [0, 0.1) is 0 Å². The average Bonchev–Trinajstić information content (AvgIpc) is 3.04. The van der Waals surface area contributed by atoms with Crippen molar-refractivity contribution < 1.29 is 14.3 Å². The highest BCUT2D eigenvalue weighted by Crippen LogP contribution is 2.46. The minimum atomic E-state index is -0.339. The molecule has 1 aliphatic carbocycles. The summed E-state index contributed by atoms with van der Waals surface area (Å²) >= 11 is 0. The van der Waals surface area contributed by atoms with Gasteiger partial charge in [-0.3, -0.25) is 4.79 Å². The third kappa shape index (κ3) is 4.46. The van der Waals surface area contributed by atoms with E-state index in [0.29, 0.717) is 17.9 Å². The molecule has 0 spiro atoms. The molecule has 0 saturated carbocycles. The van der Waals surface area contributed by atoms with Crippen molar-refractivity contribution in [2.45, 2.75) is 51.0 Å². The Bertz CT molecular complexity index is 1320. The van der Waals surface area contributed by atoms with Gasteiger partial charge >= 0.3 is 0 Å². The number of carbonyl (C=O) groups is 1. The highest BCUT2D eigenvalue weighted by Gasteiger charge is 2.37. The van der Waals surface area contributed by atoms with E-state index in [9.17, 15) is 4.79 Å². The lowest BCUT2D eigenvalue weighted by Crippen LogP contribution is -2.27. The maximum absolute atomic E-state index is 13.8. The molecule has 0 bridgehead atoms. The summed E-state index contributed by atoms with van der Waals surface area (Å²) in [5.41, 5.74) is 7.17. The zero-order chi connectivity index (χ0) is 25.4. The number of para-hydroxylation sites is 2. The fraction of sp³-hybridized carbons (Fsp3) is 0.323. The van der Waals surface area contributed by atoms with Gasteiger partial charge in [-0.2, -0.15) is 0 Å². The van der Waals surface area contributed by atoms with Gasteiger partial charge in [-0.1, -0.05) is 57.2 Å². The molecule has 3 aromatic carbocycles. The van der Waals surface area contributed by atoms with Crippen molar-refractivity contribution in [1.82, 2.24) is 0 Å². The molecule has 0 fully saturated rings. The van der Waals surface area contributed by atoms with E-state index >= 15 is 0 Å². The second-order valence-electron chi connectivity index (χ2n) is 10.6. The number of benzene rings is 3. The molecule has 2 N–H and O–H groups in total. The molecule has 1 heterocycles. The van der Waals surface area contributed by atoms with E-state index in [1.54, 1.807) is 14.2 Å². The van der Waals surface area contributed by atoms with E-state index in [4.69, 9.17) is 9.47 Å². The second kappa shape index (κ2) is 9.38. The normalized spacial score (nSPS) is 19.4. The Morgan fingerprint density at radius 3 is 2.25 bits per heavy atom. The summed E-state index contributed by atoms with van der Waals surface area (Å²) in [5, 5.41) is 7.25. The van der Waals surface area contributed by atoms with Crippen molar-refractivity contribution in [3.05, 3.63) is 94.7 Å². The van der Waals surface area contributed by atoms with E-state index < -0.39 is 0 Å². The molecule has 2 aliphatic rings. The van der Waals surface area contributed by atoms with Gasteiger partial charge in [0.05, 0.1) is 31.6 Å². The number of fused-ring (bicyclic) bond motifs is 1. The molecule has 0 radical (unpaired) electrons. The molecule has 5 nitrogen and oxygen atoms in total.